The highest BCUT2D eigenvalue weighted by Gasteiger charge is 2.07. The quantitative estimate of drug-likeness (QED) is 0.839. The van der Waals surface area contributed by atoms with E-state index in [4.69, 9.17) is 28.0 Å². The zero-order chi connectivity index (χ0) is 14.5. The minimum Gasteiger partial charge on any atom is -0.468 e. The van der Waals surface area contributed by atoms with Crippen LogP contribution in [0.5, 0.6) is 11.5 Å². The maximum absolute atomic E-state index is 8.92. The van der Waals surface area contributed by atoms with Crippen LogP contribution >= 0.6 is 11.6 Å². The van der Waals surface area contributed by atoms with Crippen molar-refractivity contribution in [3.63, 3.8) is 0 Å². The lowest BCUT2D eigenvalue weighted by Crippen LogP contribution is -1.91. The van der Waals surface area contributed by atoms with Crippen molar-refractivity contribution in [1.29, 1.82) is 0 Å². The van der Waals surface area contributed by atoms with Gasteiger partial charge in [0.25, 0.3) is 0 Å². The minimum atomic E-state index is 0.0635. The van der Waals surface area contributed by atoms with E-state index >= 15 is 0 Å². The molecule has 4 heteroatoms. The molecule has 3 nitrogen and oxygen atoms in total. The van der Waals surface area contributed by atoms with Gasteiger partial charge in [-0.05, 0) is 49.2 Å². The van der Waals surface area contributed by atoms with Crippen LogP contribution in [0.3, 0.4) is 0 Å². The number of aryl methyl sites for hydroxylation is 1. The second kappa shape index (κ2) is 6.42. The maximum atomic E-state index is 8.92. The van der Waals surface area contributed by atoms with Crippen LogP contribution in [-0.4, -0.2) is 11.7 Å². The Balaban J connectivity index is 2.28. The molecule has 1 N–H and O–H groups in total. The van der Waals surface area contributed by atoms with Gasteiger partial charge in [-0.15, -0.1) is 0 Å². The first kappa shape index (κ1) is 14.4. The predicted octanol–water partition coefficient (Wildman–Crippen LogP) is 4.53. The summed E-state index contributed by atoms with van der Waals surface area (Å²) < 4.78 is 5.73. The summed E-state index contributed by atoms with van der Waals surface area (Å²) in [5.41, 5.74) is 2.27. The van der Waals surface area contributed by atoms with Crippen LogP contribution in [0.1, 0.15) is 11.1 Å². The lowest BCUT2D eigenvalue weighted by molar-refractivity contribution is 0.299. The normalized spacial score (nSPS) is 10.1. The number of aliphatic hydroxyl groups is 1. The van der Waals surface area contributed by atoms with Crippen molar-refractivity contribution in [2.24, 2.45) is 0 Å². The van der Waals surface area contributed by atoms with Gasteiger partial charge >= 0.3 is 0 Å². The molecule has 0 unspecified atom stereocenters. The van der Waals surface area contributed by atoms with E-state index in [1.807, 2.05) is 19.1 Å². The number of ether oxygens (including phenoxy) is 1. The average Bonchev–Trinajstić information content (AvgIpc) is 2.45. The molecule has 0 saturated heterocycles. The number of halogens is 1. The Labute approximate surface area is 123 Å². The van der Waals surface area contributed by atoms with E-state index < -0.39 is 0 Å². The number of aliphatic hydroxyl groups excluding tert-OH is 1. The molecule has 0 aliphatic rings. The first-order chi connectivity index (χ1) is 9.63. The Hall–Kier alpha value is -2.02. The molecule has 0 radical (unpaired) electrons. The van der Waals surface area contributed by atoms with E-state index in [-0.39, 0.29) is 6.61 Å². The van der Waals surface area contributed by atoms with Gasteiger partial charge in [0, 0.05) is 11.6 Å². The first-order valence-electron chi connectivity index (χ1n) is 6.19. The Bertz CT molecular complexity index is 662. The highest BCUT2D eigenvalue weighted by Crippen LogP contribution is 2.34. The molecule has 0 bridgehead atoms. The fourth-order valence-corrected chi connectivity index (χ4v) is 1.95. The summed E-state index contributed by atoms with van der Waals surface area (Å²) in [6.45, 7) is 9.18. The number of hydrogen-bond acceptors (Lipinski definition) is 2. The van der Waals surface area contributed by atoms with Gasteiger partial charge in [-0.3, -0.25) is 0 Å². The SMILES string of the molecule is [C-]#[N+]c1cc(CCO)ccc1Oc1ccc(Cl)c(C)c1. The number of rotatable bonds is 4. The standard InChI is InChI=1S/C16H14ClNO2/c1-11-9-13(4-5-14(11)17)20-16-6-3-12(7-8-19)10-15(16)18-2/h3-6,9-10,19H,7-8H2,1H3. The Morgan fingerprint density at radius 2 is 2.05 bits per heavy atom. The average molecular weight is 288 g/mol. The van der Waals surface area contributed by atoms with Crippen LogP contribution in [0.25, 0.3) is 4.85 Å². The molecule has 102 valence electrons. The minimum absolute atomic E-state index is 0.0635. The highest BCUT2D eigenvalue weighted by atomic mass is 35.5. The van der Waals surface area contributed by atoms with Crippen molar-refractivity contribution in [3.05, 3.63) is 64.0 Å². The summed E-state index contributed by atoms with van der Waals surface area (Å²) in [5.74, 6) is 1.15. The van der Waals surface area contributed by atoms with Gasteiger partial charge in [0.15, 0.2) is 0 Å². The van der Waals surface area contributed by atoms with Crippen LogP contribution < -0.4 is 4.74 Å². The molecule has 0 aromatic heterocycles. The summed E-state index contributed by atoms with van der Waals surface area (Å²) in [5, 5.41) is 9.60. The molecule has 0 amide bonds. The Morgan fingerprint density at radius 1 is 1.25 bits per heavy atom. The smallest absolute Gasteiger partial charge is 0.229 e. The van der Waals surface area contributed by atoms with E-state index in [2.05, 4.69) is 4.85 Å². The summed E-state index contributed by atoms with van der Waals surface area (Å²) in [4.78, 5) is 3.47. The molecule has 0 aliphatic heterocycles. The first-order valence-corrected chi connectivity index (χ1v) is 6.57. The summed E-state index contributed by atoms with van der Waals surface area (Å²) in [6, 6.07) is 10.7. The number of benzene rings is 2. The van der Waals surface area contributed by atoms with Gasteiger partial charge in [0.05, 0.1) is 6.57 Å². The van der Waals surface area contributed by atoms with Crippen LogP contribution in [0, 0.1) is 13.5 Å². The molecule has 0 spiro atoms. The summed E-state index contributed by atoms with van der Waals surface area (Å²) in [7, 11) is 0. The van der Waals surface area contributed by atoms with Gasteiger partial charge in [-0.25, -0.2) is 4.85 Å². The molecule has 0 fully saturated rings. The fourth-order valence-electron chi connectivity index (χ4n) is 1.83. The topological polar surface area (TPSA) is 33.8 Å². The Kier molecular flexibility index (Phi) is 4.62. The lowest BCUT2D eigenvalue weighted by atomic mass is 10.1. The largest absolute Gasteiger partial charge is 0.468 e. The molecule has 0 aliphatic carbocycles. The van der Waals surface area contributed by atoms with Gasteiger partial charge in [-0.2, -0.15) is 0 Å². The molecule has 2 aromatic carbocycles. The Morgan fingerprint density at radius 3 is 2.70 bits per heavy atom. The van der Waals surface area contributed by atoms with Crippen molar-refractivity contribution in [1.82, 2.24) is 0 Å². The molecule has 0 atom stereocenters. The second-order valence-electron chi connectivity index (χ2n) is 4.40. The number of hydrogen-bond donors (Lipinski definition) is 1. The molecular formula is C16H14ClNO2. The molecule has 2 aromatic rings. The van der Waals surface area contributed by atoms with Gasteiger partial charge in [0.1, 0.15) is 11.5 Å². The highest BCUT2D eigenvalue weighted by molar-refractivity contribution is 6.31. The van der Waals surface area contributed by atoms with E-state index in [9.17, 15) is 0 Å². The molecule has 20 heavy (non-hydrogen) atoms. The van der Waals surface area contributed by atoms with Gasteiger partial charge < -0.3 is 9.84 Å². The van der Waals surface area contributed by atoms with E-state index in [0.29, 0.717) is 28.6 Å². The summed E-state index contributed by atoms with van der Waals surface area (Å²) >= 11 is 5.97. The molecule has 0 saturated carbocycles. The third-order valence-electron chi connectivity index (χ3n) is 2.90. The van der Waals surface area contributed by atoms with Crippen molar-refractivity contribution >= 4 is 17.3 Å². The zero-order valence-corrected chi connectivity index (χ0v) is 11.8. The fraction of sp³-hybridized carbons (Fsp3) is 0.188. The van der Waals surface area contributed by atoms with Gasteiger partial charge in [-0.1, -0.05) is 23.2 Å². The van der Waals surface area contributed by atoms with E-state index in [1.165, 1.54) is 0 Å². The van der Waals surface area contributed by atoms with Gasteiger partial charge in [0.2, 0.25) is 5.69 Å². The number of nitrogens with zero attached hydrogens (tertiary/aromatic N) is 1. The lowest BCUT2D eigenvalue weighted by Gasteiger charge is -2.10. The molecule has 2 rings (SSSR count). The molecule has 0 heterocycles. The summed E-state index contributed by atoms with van der Waals surface area (Å²) in [6.07, 6.45) is 0.531. The van der Waals surface area contributed by atoms with Crippen molar-refractivity contribution < 1.29 is 9.84 Å². The second-order valence-corrected chi connectivity index (χ2v) is 4.81. The van der Waals surface area contributed by atoms with Crippen LogP contribution in [-0.2, 0) is 6.42 Å². The van der Waals surface area contributed by atoms with Crippen molar-refractivity contribution in [3.8, 4) is 11.5 Å². The van der Waals surface area contributed by atoms with E-state index in [1.54, 1.807) is 24.3 Å². The van der Waals surface area contributed by atoms with Crippen molar-refractivity contribution in [2.75, 3.05) is 6.61 Å². The zero-order valence-electron chi connectivity index (χ0n) is 11.1. The van der Waals surface area contributed by atoms with Crippen molar-refractivity contribution in [2.45, 2.75) is 13.3 Å². The van der Waals surface area contributed by atoms with Crippen LogP contribution in [0.2, 0.25) is 5.02 Å². The predicted molar refractivity (Wildman–Crippen MR) is 79.8 cm³/mol. The van der Waals surface area contributed by atoms with E-state index in [0.717, 1.165) is 11.1 Å². The monoisotopic (exact) mass is 287 g/mol. The van der Waals surface area contributed by atoms with Crippen LogP contribution in [0.4, 0.5) is 5.69 Å². The van der Waals surface area contributed by atoms with Crippen LogP contribution in [0.15, 0.2) is 36.4 Å². The third-order valence-corrected chi connectivity index (χ3v) is 3.33. The third kappa shape index (κ3) is 3.30. The molecular weight excluding hydrogens is 274 g/mol. The maximum Gasteiger partial charge on any atom is 0.229 e.